The van der Waals surface area contributed by atoms with Crippen molar-refractivity contribution in [2.45, 2.75) is 19.8 Å². The number of carbonyl (C=O) groups is 1. The van der Waals surface area contributed by atoms with Crippen molar-refractivity contribution < 1.29 is 14.3 Å². The van der Waals surface area contributed by atoms with E-state index in [9.17, 15) is 4.79 Å². The SMILES string of the molecule is COC(OC)C(=O)NCc1ccccc1C. The highest BCUT2D eigenvalue weighted by molar-refractivity contribution is 5.79. The molecule has 0 saturated heterocycles. The third-order valence-corrected chi connectivity index (χ3v) is 2.36. The van der Waals surface area contributed by atoms with Crippen LogP contribution in [0.3, 0.4) is 0 Å². The van der Waals surface area contributed by atoms with Crippen LogP contribution in [-0.4, -0.2) is 26.4 Å². The Hall–Kier alpha value is -1.39. The Labute approximate surface area is 95.6 Å². The Balaban J connectivity index is 2.52. The van der Waals surface area contributed by atoms with E-state index in [1.807, 2.05) is 31.2 Å². The highest BCUT2D eigenvalue weighted by Crippen LogP contribution is 2.06. The Morgan fingerprint density at radius 1 is 1.31 bits per heavy atom. The fourth-order valence-corrected chi connectivity index (χ4v) is 1.38. The smallest absolute Gasteiger partial charge is 0.277 e. The number of ether oxygens (including phenoxy) is 2. The molecule has 0 aromatic heterocycles. The van der Waals surface area contributed by atoms with Crippen LogP contribution in [-0.2, 0) is 20.8 Å². The summed E-state index contributed by atoms with van der Waals surface area (Å²) >= 11 is 0. The summed E-state index contributed by atoms with van der Waals surface area (Å²) in [7, 11) is 2.86. The van der Waals surface area contributed by atoms with Gasteiger partial charge in [0.05, 0.1) is 0 Å². The number of nitrogens with one attached hydrogen (secondary N) is 1. The molecule has 0 fully saturated rings. The lowest BCUT2D eigenvalue weighted by Gasteiger charge is -2.13. The minimum atomic E-state index is -0.844. The van der Waals surface area contributed by atoms with Crippen LogP contribution in [0, 0.1) is 6.92 Å². The van der Waals surface area contributed by atoms with Crippen molar-refractivity contribution >= 4 is 5.91 Å². The summed E-state index contributed by atoms with van der Waals surface area (Å²) in [6, 6.07) is 7.89. The van der Waals surface area contributed by atoms with Crippen molar-refractivity contribution in [3.05, 3.63) is 35.4 Å². The van der Waals surface area contributed by atoms with Crippen LogP contribution in [0.15, 0.2) is 24.3 Å². The zero-order valence-electron chi connectivity index (χ0n) is 9.82. The van der Waals surface area contributed by atoms with Crippen LogP contribution < -0.4 is 5.32 Å². The number of aryl methyl sites for hydroxylation is 1. The molecule has 1 aromatic rings. The molecular weight excluding hydrogens is 206 g/mol. The van der Waals surface area contributed by atoms with Gasteiger partial charge in [0, 0.05) is 20.8 Å². The highest BCUT2D eigenvalue weighted by Gasteiger charge is 2.15. The van der Waals surface area contributed by atoms with E-state index in [0.717, 1.165) is 11.1 Å². The van der Waals surface area contributed by atoms with Gasteiger partial charge in [-0.05, 0) is 18.1 Å². The second-order valence-electron chi connectivity index (χ2n) is 3.45. The molecular formula is C12H17NO3. The molecule has 0 atom stereocenters. The van der Waals surface area contributed by atoms with E-state index in [1.165, 1.54) is 14.2 Å². The molecule has 88 valence electrons. The molecule has 0 unspecified atom stereocenters. The van der Waals surface area contributed by atoms with Crippen LogP contribution >= 0.6 is 0 Å². The maximum atomic E-state index is 11.5. The van der Waals surface area contributed by atoms with Crippen molar-refractivity contribution in [3.63, 3.8) is 0 Å². The molecule has 0 aliphatic heterocycles. The number of benzene rings is 1. The molecule has 0 aliphatic rings. The molecule has 0 heterocycles. The zero-order chi connectivity index (χ0) is 12.0. The van der Waals surface area contributed by atoms with Crippen LogP contribution in [0.2, 0.25) is 0 Å². The number of rotatable bonds is 5. The first-order chi connectivity index (χ1) is 7.69. The minimum absolute atomic E-state index is 0.270. The predicted molar refractivity (Wildman–Crippen MR) is 60.8 cm³/mol. The van der Waals surface area contributed by atoms with Gasteiger partial charge in [0.1, 0.15) is 0 Å². The van der Waals surface area contributed by atoms with E-state index >= 15 is 0 Å². The van der Waals surface area contributed by atoms with Crippen LogP contribution in [0.1, 0.15) is 11.1 Å². The van der Waals surface area contributed by atoms with Gasteiger partial charge in [0.15, 0.2) is 0 Å². The van der Waals surface area contributed by atoms with Crippen molar-refractivity contribution in [1.29, 1.82) is 0 Å². The number of carbonyl (C=O) groups excluding carboxylic acids is 1. The van der Waals surface area contributed by atoms with E-state index in [-0.39, 0.29) is 5.91 Å². The summed E-state index contributed by atoms with van der Waals surface area (Å²) in [5.74, 6) is -0.270. The molecule has 16 heavy (non-hydrogen) atoms. The number of methoxy groups -OCH3 is 2. The Morgan fingerprint density at radius 3 is 2.50 bits per heavy atom. The first-order valence-corrected chi connectivity index (χ1v) is 5.07. The summed E-state index contributed by atoms with van der Waals surface area (Å²) in [5, 5.41) is 2.75. The number of amides is 1. The molecule has 1 amide bonds. The summed E-state index contributed by atoms with van der Waals surface area (Å²) in [4.78, 5) is 11.5. The summed E-state index contributed by atoms with van der Waals surface area (Å²) < 4.78 is 9.69. The van der Waals surface area contributed by atoms with Gasteiger partial charge < -0.3 is 14.8 Å². The zero-order valence-corrected chi connectivity index (χ0v) is 9.82. The lowest BCUT2D eigenvalue weighted by atomic mass is 10.1. The molecule has 0 aliphatic carbocycles. The van der Waals surface area contributed by atoms with Crippen LogP contribution in [0.25, 0.3) is 0 Å². The van der Waals surface area contributed by atoms with Gasteiger partial charge in [-0.2, -0.15) is 0 Å². The third-order valence-electron chi connectivity index (χ3n) is 2.36. The highest BCUT2D eigenvalue weighted by atomic mass is 16.7. The first-order valence-electron chi connectivity index (χ1n) is 5.07. The summed E-state index contributed by atoms with van der Waals surface area (Å²) in [6.45, 7) is 2.49. The largest absolute Gasteiger partial charge is 0.348 e. The molecule has 4 nitrogen and oxygen atoms in total. The van der Waals surface area contributed by atoms with E-state index in [2.05, 4.69) is 5.32 Å². The monoisotopic (exact) mass is 223 g/mol. The van der Waals surface area contributed by atoms with Gasteiger partial charge in [-0.25, -0.2) is 0 Å². The molecule has 4 heteroatoms. The first kappa shape index (κ1) is 12.7. The lowest BCUT2D eigenvalue weighted by molar-refractivity contribution is -0.159. The van der Waals surface area contributed by atoms with Gasteiger partial charge in [-0.3, -0.25) is 4.79 Å². The maximum absolute atomic E-state index is 11.5. The Bertz CT molecular complexity index is 348. The molecule has 0 spiro atoms. The minimum Gasteiger partial charge on any atom is -0.348 e. The second-order valence-corrected chi connectivity index (χ2v) is 3.45. The standard InChI is InChI=1S/C12H17NO3/c1-9-6-4-5-7-10(9)8-13-11(14)12(15-2)16-3/h4-7,12H,8H2,1-3H3,(H,13,14). The molecule has 0 saturated carbocycles. The van der Waals surface area contributed by atoms with E-state index in [1.54, 1.807) is 0 Å². The van der Waals surface area contributed by atoms with Crippen molar-refractivity contribution in [2.24, 2.45) is 0 Å². The van der Waals surface area contributed by atoms with Gasteiger partial charge in [0.2, 0.25) is 6.29 Å². The molecule has 1 N–H and O–H groups in total. The Kier molecular flexibility index (Phi) is 4.95. The lowest BCUT2D eigenvalue weighted by Crippen LogP contribution is -2.36. The van der Waals surface area contributed by atoms with Crippen LogP contribution in [0.4, 0.5) is 0 Å². The van der Waals surface area contributed by atoms with E-state index in [0.29, 0.717) is 6.54 Å². The van der Waals surface area contributed by atoms with Crippen molar-refractivity contribution in [2.75, 3.05) is 14.2 Å². The molecule has 0 radical (unpaired) electrons. The quantitative estimate of drug-likeness (QED) is 0.764. The van der Waals surface area contributed by atoms with Gasteiger partial charge in [-0.1, -0.05) is 24.3 Å². The molecule has 1 rings (SSSR count). The van der Waals surface area contributed by atoms with Gasteiger partial charge >= 0.3 is 0 Å². The van der Waals surface area contributed by atoms with Gasteiger partial charge in [-0.15, -0.1) is 0 Å². The molecule has 1 aromatic carbocycles. The normalized spacial score (nSPS) is 10.5. The number of hydrogen-bond acceptors (Lipinski definition) is 3. The maximum Gasteiger partial charge on any atom is 0.277 e. The van der Waals surface area contributed by atoms with E-state index < -0.39 is 6.29 Å². The van der Waals surface area contributed by atoms with Crippen molar-refractivity contribution in [3.8, 4) is 0 Å². The molecule has 0 bridgehead atoms. The third kappa shape index (κ3) is 3.32. The van der Waals surface area contributed by atoms with E-state index in [4.69, 9.17) is 9.47 Å². The fourth-order valence-electron chi connectivity index (χ4n) is 1.38. The van der Waals surface area contributed by atoms with Crippen molar-refractivity contribution in [1.82, 2.24) is 5.32 Å². The summed E-state index contributed by atoms with van der Waals surface area (Å²) in [5.41, 5.74) is 2.23. The fraction of sp³-hybridized carbons (Fsp3) is 0.417. The average Bonchev–Trinajstić information content (AvgIpc) is 2.29. The number of hydrogen-bond donors (Lipinski definition) is 1. The van der Waals surface area contributed by atoms with Crippen LogP contribution in [0.5, 0.6) is 0 Å². The van der Waals surface area contributed by atoms with Gasteiger partial charge in [0.25, 0.3) is 5.91 Å². The second kappa shape index (κ2) is 6.25. The average molecular weight is 223 g/mol. The predicted octanol–water partition coefficient (Wildman–Crippen LogP) is 1.23. The Morgan fingerprint density at radius 2 is 1.94 bits per heavy atom. The summed E-state index contributed by atoms with van der Waals surface area (Å²) in [6.07, 6.45) is -0.844. The topological polar surface area (TPSA) is 47.6 Å².